The van der Waals surface area contributed by atoms with Crippen LogP contribution in [0.25, 0.3) is 11.4 Å². The largest absolute Gasteiger partial charge is 0.326 e. The second-order valence-corrected chi connectivity index (χ2v) is 5.43. The van der Waals surface area contributed by atoms with Gasteiger partial charge in [0.2, 0.25) is 5.91 Å². The molecule has 0 aliphatic heterocycles. The minimum absolute atomic E-state index is 0.133. The molecule has 0 radical (unpaired) electrons. The van der Waals surface area contributed by atoms with Gasteiger partial charge in [0.1, 0.15) is 0 Å². The summed E-state index contributed by atoms with van der Waals surface area (Å²) in [4.78, 5) is 12.2. The van der Waals surface area contributed by atoms with Crippen molar-refractivity contribution in [2.45, 2.75) is 6.42 Å². The highest BCUT2D eigenvalue weighted by Crippen LogP contribution is 2.20. The van der Waals surface area contributed by atoms with E-state index in [4.69, 9.17) is 11.6 Å². The number of anilines is 1. The summed E-state index contributed by atoms with van der Waals surface area (Å²) >= 11 is 6.08. The molecule has 3 aromatic rings. The third-order valence-corrected chi connectivity index (χ3v) is 3.70. The van der Waals surface area contributed by atoms with Crippen molar-refractivity contribution in [3.8, 4) is 11.4 Å². The van der Waals surface area contributed by atoms with E-state index in [-0.39, 0.29) is 12.3 Å². The molecule has 6 nitrogen and oxygen atoms in total. The van der Waals surface area contributed by atoms with Gasteiger partial charge in [0.15, 0.2) is 5.82 Å². The predicted molar refractivity (Wildman–Crippen MR) is 88.0 cm³/mol. The van der Waals surface area contributed by atoms with Crippen LogP contribution >= 0.6 is 11.6 Å². The molecule has 0 unspecified atom stereocenters. The van der Waals surface area contributed by atoms with Crippen LogP contribution in [-0.4, -0.2) is 26.1 Å². The standard InChI is InChI=1S/C16H14ClN5O/c1-22-16(19-20-21-22)12-6-4-7-13(9-12)18-15(23)10-11-5-2-3-8-14(11)17/h2-9H,10H2,1H3,(H,18,23). The van der Waals surface area contributed by atoms with Crippen LogP contribution in [0.15, 0.2) is 48.5 Å². The van der Waals surface area contributed by atoms with E-state index < -0.39 is 0 Å². The maximum atomic E-state index is 12.2. The van der Waals surface area contributed by atoms with Gasteiger partial charge in [-0.2, -0.15) is 0 Å². The Bertz CT molecular complexity index is 846. The summed E-state index contributed by atoms with van der Waals surface area (Å²) in [6.07, 6.45) is 0.218. The Morgan fingerprint density at radius 2 is 2.04 bits per heavy atom. The van der Waals surface area contributed by atoms with Gasteiger partial charge in [0, 0.05) is 23.3 Å². The van der Waals surface area contributed by atoms with E-state index in [0.29, 0.717) is 16.5 Å². The fourth-order valence-electron chi connectivity index (χ4n) is 2.23. The van der Waals surface area contributed by atoms with Crippen molar-refractivity contribution in [2.75, 3.05) is 5.32 Å². The summed E-state index contributed by atoms with van der Waals surface area (Å²) in [5, 5.41) is 14.8. The van der Waals surface area contributed by atoms with Crippen LogP contribution in [-0.2, 0) is 18.3 Å². The highest BCUT2D eigenvalue weighted by Gasteiger charge is 2.09. The van der Waals surface area contributed by atoms with Crippen molar-refractivity contribution in [2.24, 2.45) is 7.05 Å². The van der Waals surface area contributed by atoms with Crippen LogP contribution in [0.4, 0.5) is 5.69 Å². The number of aromatic nitrogens is 4. The van der Waals surface area contributed by atoms with Crippen LogP contribution < -0.4 is 5.32 Å². The van der Waals surface area contributed by atoms with Gasteiger partial charge < -0.3 is 5.32 Å². The van der Waals surface area contributed by atoms with Crippen molar-refractivity contribution >= 4 is 23.2 Å². The summed E-state index contributed by atoms with van der Waals surface area (Å²) in [7, 11) is 1.76. The molecule has 0 spiro atoms. The zero-order valence-electron chi connectivity index (χ0n) is 12.4. The molecule has 3 rings (SSSR count). The maximum Gasteiger partial charge on any atom is 0.228 e. The number of hydrogen-bond acceptors (Lipinski definition) is 4. The average molecular weight is 328 g/mol. The van der Waals surface area contributed by atoms with Crippen molar-refractivity contribution < 1.29 is 4.79 Å². The van der Waals surface area contributed by atoms with Crippen LogP contribution in [0.5, 0.6) is 0 Å². The molecule has 7 heteroatoms. The lowest BCUT2D eigenvalue weighted by atomic mass is 10.1. The summed E-state index contributed by atoms with van der Waals surface area (Å²) in [6.45, 7) is 0. The molecule has 0 fully saturated rings. The number of rotatable bonds is 4. The first-order valence-electron chi connectivity index (χ1n) is 6.99. The monoisotopic (exact) mass is 327 g/mol. The van der Waals surface area contributed by atoms with E-state index in [1.165, 1.54) is 0 Å². The number of hydrogen-bond donors (Lipinski definition) is 1. The second-order valence-electron chi connectivity index (χ2n) is 5.02. The van der Waals surface area contributed by atoms with Crippen LogP contribution in [0, 0.1) is 0 Å². The Balaban J connectivity index is 1.74. The molecular weight excluding hydrogens is 314 g/mol. The van der Waals surface area contributed by atoms with Crippen molar-refractivity contribution in [1.29, 1.82) is 0 Å². The number of nitrogens with zero attached hydrogens (tertiary/aromatic N) is 4. The van der Waals surface area contributed by atoms with Crippen molar-refractivity contribution in [3.63, 3.8) is 0 Å². The first-order chi connectivity index (χ1) is 11.1. The summed E-state index contributed by atoms with van der Waals surface area (Å²) in [5.74, 6) is 0.499. The Morgan fingerprint density at radius 3 is 2.78 bits per heavy atom. The van der Waals surface area contributed by atoms with Gasteiger partial charge in [-0.1, -0.05) is 41.9 Å². The minimum atomic E-state index is -0.133. The molecule has 1 heterocycles. The van der Waals surface area contributed by atoms with Gasteiger partial charge >= 0.3 is 0 Å². The van der Waals surface area contributed by atoms with Crippen LogP contribution in [0.3, 0.4) is 0 Å². The zero-order valence-corrected chi connectivity index (χ0v) is 13.2. The molecular formula is C16H14ClN5O. The molecule has 2 aromatic carbocycles. The van der Waals surface area contributed by atoms with Gasteiger partial charge in [-0.25, -0.2) is 4.68 Å². The van der Waals surface area contributed by atoms with E-state index in [1.54, 1.807) is 17.8 Å². The Morgan fingerprint density at radius 1 is 1.22 bits per heavy atom. The third kappa shape index (κ3) is 3.54. The van der Waals surface area contributed by atoms with E-state index in [9.17, 15) is 4.79 Å². The summed E-state index contributed by atoms with van der Waals surface area (Å²) < 4.78 is 1.57. The van der Waals surface area contributed by atoms with E-state index in [1.807, 2.05) is 42.5 Å². The number of carbonyl (C=O) groups is 1. The Labute approximate surface area is 138 Å². The van der Waals surface area contributed by atoms with Gasteiger partial charge in [0.05, 0.1) is 6.42 Å². The average Bonchev–Trinajstić information content (AvgIpc) is 2.96. The van der Waals surface area contributed by atoms with E-state index in [2.05, 4.69) is 20.8 Å². The Kier molecular flexibility index (Phi) is 4.34. The SMILES string of the molecule is Cn1nnnc1-c1cccc(NC(=O)Cc2ccccc2Cl)c1. The smallest absolute Gasteiger partial charge is 0.228 e. The highest BCUT2D eigenvalue weighted by molar-refractivity contribution is 6.31. The molecule has 0 saturated heterocycles. The third-order valence-electron chi connectivity index (χ3n) is 3.33. The number of amides is 1. The lowest BCUT2D eigenvalue weighted by Gasteiger charge is -2.08. The highest BCUT2D eigenvalue weighted by atomic mass is 35.5. The number of tetrazole rings is 1. The van der Waals surface area contributed by atoms with Gasteiger partial charge in [-0.3, -0.25) is 4.79 Å². The minimum Gasteiger partial charge on any atom is -0.326 e. The second kappa shape index (κ2) is 6.58. The number of carbonyl (C=O) groups excluding carboxylic acids is 1. The quantitative estimate of drug-likeness (QED) is 0.799. The molecule has 1 amide bonds. The topological polar surface area (TPSA) is 72.7 Å². The predicted octanol–water partition coefficient (Wildman–Crippen LogP) is 2.71. The fourth-order valence-corrected chi connectivity index (χ4v) is 2.43. The molecule has 23 heavy (non-hydrogen) atoms. The number of aryl methyl sites for hydroxylation is 1. The molecule has 1 N–H and O–H groups in total. The first-order valence-corrected chi connectivity index (χ1v) is 7.37. The van der Waals surface area contributed by atoms with Gasteiger partial charge in [0.25, 0.3) is 0 Å². The lowest BCUT2D eigenvalue weighted by Crippen LogP contribution is -2.14. The number of nitrogens with one attached hydrogen (secondary N) is 1. The normalized spacial score (nSPS) is 10.5. The molecule has 116 valence electrons. The molecule has 0 aliphatic rings. The maximum absolute atomic E-state index is 12.2. The molecule has 0 aliphatic carbocycles. The fraction of sp³-hybridized carbons (Fsp3) is 0.125. The number of benzene rings is 2. The summed E-state index contributed by atoms with van der Waals surface area (Å²) in [6, 6.07) is 14.7. The number of halogens is 1. The van der Waals surface area contributed by atoms with Gasteiger partial charge in [-0.15, -0.1) is 5.10 Å². The Hall–Kier alpha value is -2.73. The lowest BCUT2D eigenvalue weighted by molar-refractivity contribution is -0.115. The molecule has 0 atom stereocenters. The molecule has 1 aromatic heterocycles. The van der Waals surface area contributed by atoms with Crippen molar-refractivity contribution in [1.82, 2.24) is 20.2 Å². The van der Waals surface area contributed by atoms with E-state index in [0.717, 1.165) is 11.1 Å². The van der Waals surface area contributed by atoms with E-state index >= 15 is 0 Å². The molecule has 0 saturated carbocycles. The first kappa shape index (κ1) is 15.2. The van der Waals surface area contributed by atoms with Crippen LogP contribution in [0.1, 0.15) is 5.56 Å². The van der Waals surface area contributed by atoms with Gasteiger partial charge in [-0.05, 0) is 34.2 Å². The van der Waals surface area contributed by atoms with Crippen LogP contribution in [0.2, 0.25) is 5.02 Å². The zero-order chi connectivity index (χ0) is 16.2. The van der Waals surface area contributed by atoms with Crippen molar-refractivity contribution in [3.05, 3.63) is 59.1 Å². The summed E-state index contributed by atoms with van der Waals surface area (Å²) in [5.41, 5.74) is 2.30. The molecule has 0 bridgehead atoms.